The van der Waals surface area contributed by atoms with Gasteiger partial charge < -0.3 is 15.2 Å². The molecular formula is C11H16N2O2. The van der Waals surface area contributed by atoms with Crippen LogP contribution in [0.25, 0.3) is 0 Å². The molecule has 1 atom stereocenters. The van der Waals surface area contributed by atoms with Crippen LogP contribution in [-0.4, -0.2) is 29.3 Å². The van der Waals surface area contributed by atoms with E-state index in [1.165, 1.54) is 12.6 Å². The Morgan fingerprint density at radius 1 is 1.53 bits per heavy atom. The van der Waals surface area contributed by atoms with Crippen LogP contribution in [-0.2, 0) is 11.3 Å². The molecule has 2 N–H and O–H groups in total. The second-order valence-electron chi connectivity index (χ2n) is 3.77. The van der Waals surface area contributed by atoms with Gasteiger partial charge in [0.15, 0.2) is 0 Å². The first-order valence-electron chi connectivity index (χ1n) is 5.31. The standard InChI is InChI=1S/C11H16N2O2/c14-10-4-3-9(13-7-10)6-12-8-11-2-1-5-15-11/h3-4,7,11-12,14H,1-2,5-6,8H2. The molecule has 82 valence electrons. The highest BCUT2D eigenvalue weighted by Crippen LogP contribution is 2.11. The minimum Gasteiger partial charge on any atom is -0.506 e. The maximum atomic E-state index is 9.05. The molecule has 2 rings (SSSR count). The maximum absolute atomic E-state index is 9.05. The Morgan fingerprint density at radius 3 is 3.13 bits per heavy atom. The van der Waals surface area contributed by atoms with Crippen molar-refractivity contribution < 1.29 is 9.84 Å². The largest absolute Gasteiger partial charge is 0.506 e. The van der Waals surface area contributed by atoms with Crippen molar-refractivity contribution in [1.29, 1.82) is 0 Å². The Morgan fingerprint density at radius 2 is 2.47 bits per heavy atom. The van der Waals surface area contributed by atoms with Gasteiger partial charge in [0.2, 0.25) is 0 Å². The van der Waals surface area contributed by atoms with Crippen molar-refractivity contribution in [2.24, 2.45) is 0 Å². The van der Waals surface area contributed by atoms with Crippen LogP contribution in [0.4, 0.5) is 0 Å². The molecule has 0 saturated carbocycles. The molecule has 15 heavy (non-hydrogen) atoms. The lowest BCUT2D eigenvalue weighted by Gasteiger charge is -2.10. The quantitative estimate of drug-likeness (QED) is 0.776. The number of aromatic hydroxyl groups is 1. The summed E-state index contributed by atoms with van der Waals surface area (Å²) in [5.74, 6) is 0.206. The molecule has 1 unspecified atom stereocenters. The van der Waals surface area contributed by atoms with Crippen molar-refractivity contribution in [3.05, 3.63) is 24.0 Å². The Balaban J connectivity index is 1.71. The fraction of sp³-hybridized carbons (Fsp3) is 0.545. The van der Waals surface area contributed by atoms with E-state index in [4.69, 9.17) is 9.84 Å². The summed E-state index contributed by atoms with van der Waals surface area (Å²) in [4.78, 5) is 4.09. The third-order valence-electron chi connectivity index (χ3n) is 2.51. The molecule has 0 spiro atoms. The second-order valence-corrected chi connectivity index (χ2v) is 3.77. The van der Waals surface area contributed by atoms with Gasteiger partial charge in [-0.05, 0) is 25.0 Å². The van der Waals surface area contributed by atoms with Crippen molar-refractivity contribution in [2.75, 3.05) is 13.2 Å². The van der Waals surface area contributed by atoms with Gasteiger partial charge >= 0.3 is 0 Å². The summed E-state index contributed by atoms with van der Waals surface area (Å²) in [6.45, 7) is 2.49. The lowest BCUT2D eigenvalue weighted by atomic mass is 10.2. The summed E-state index contributed by atoms with van der Waals surface area (Å²) >= 11 is 0. The van der Waals surface area contributed by atoms with E-state index in [9.17, 15) is 0 Å². The monoisotopic (exact) mass is 208 g/mol. The van der Waals surface area contributed by atoms with E-state index in [0.717, 1.165) is 31.8 Å². The average Bonchev–Trinajstić information content (AvgIpc) is 2.74. The number of hydrogen-bond acceptors (Lipinski definition) is 4. The molecule has 1 saturated heterocycles. The summed E-state index contributed by atoms with van der Waals surface area (Å²) in [5, 5.41) is 12.3. The molecule has 4 heteroatoms. The zero-order valence-electron chi connectivity index (χ0n) is 8.65. The van der Waals surface area contributed by atoms with Gasteiger partial charge in [-0.15, -0.1) is 0 Å². The van der Waals surface area contributed by atoms with E-state index < -0.39 is 0 Å². The molecule has 0 amide bonds. The smallest absolute Gasteiger partial charge is 0.133 e. The predicted molar refractivity (Wildman–Crippen MR) is 56.6 cm³/mol. The van der Waals surface area contributed by atoms with E-state index in [1.54, 1.807) is 6.07 Å². The summed E-state index contributed by atoms with van der Waals surface area (Å²) < 4.78 is 5.49. The second kappa shape index (κ2) is 5.09. The lowest BCUT2D eigenvalue weighted by molar-refractivity contribution is 0.110. The molecule has 1 aromatic rings. The van der Waals surface area contributed by atoms with Crippen LogP contribution in [0.5, 0.6) is 5.75 Å². The predicted octanol–water partition coefficient (Wildman–Crippen LogP) is 1.06. The number of hydrogen-bond donors (Lipinski definition) is 2. The van der Waals surface area contributed by atoms with Crippen LogP contribution >= 0.6 is 0 Å². The maximum Gasteiger partial charge on any atom is 0.133 e. The first-order valence-corrected chi connectivity index (χ1v) is 5.31. The van der Waals surface area contributed by atoms with Crippen LogP contribution in [0.1, 0.15) is 18.5 Å². The van der Waals surface area contributed by atoms with Crippen LogP contribution in [0.15, 0.2) is 18.3 Å². The molecule has 4 nitrogen and oxygen atoms in total. The molecule has 1 aliphatic heterocycles. The molecule has 0 aromatic carbocycles. The molecular weight excluding hydrogens is 192 g/mol. The third-order valence-corrected chi connectivity index (χ3v) is 2.51. The highest BCUT2D eigenvalue weighted by atomic mass is 16.5. The SMILES string of the molecule is Oc1ccc(CNCC2CCCO2)nc1. The van der Waals surface area contributed by atoms with Gasteiger partial charge in [-0.3, -0.25) is 4.98 Å². The summed E-state index contributed by atoms with van der Waals surface area (Å²) in [6.07, 6.45) is 4.14. The summed E-state index contributed by atoms with van der Waals surface area (Å²) in [7, 11) is 0. The molecule has 0 bridgehead atoms. The first-order chi connectivity index (χ1) is 7.34. The van der Waals surface area contributed by atoms with Crippen molar-refractivity contribution in [1.82, 2.24) is 10.3 Å². The number of nitrogens with one attached hydrogen (secondary N) is 1. The van der Waals surface area contributed by atoms with E-state index >= 15 is 0 Å². The fourth-order valence-electron chi connectivity index (χ4n) is 1.69. The Hall–Kier alpha value is -1.13. The number of aromatic nitrogens is 1. The van der Waals surface area contributed by atoms with Crippen LogP contribution in [0, 0.1) is 0 Å². The highest BCUT2D eigenvalue weighted by molar-refractivity contribution is 5.17. The zero-order valence-corrected chi connectivity index (χ0v) is 8.65. The number of nitrogens with zero attached hydrogens (tertiary/aromatic N) is 1. The van der Waals surface area contributed by atoms with Crippen LogP contribution in [0.3, 0.4) is 0 Å². The van der Waals surface area contributed by atoms with Crippen LogP contribution in [0.2, 0.25) is 0 Å². The lowest BCUT2D eigenvalue weighted by Crippen LogP contribution is -2.26. The van der Waals surface area contributed by atoms with Gasteiger partial charge in [0.05, 0.1) is 18.0 Å². The summed E-state index contributed by atoms with van der Waals surface area (Å²) in [6, 6.07) is 3.47. The number of rotatable bonds is 4. The highest BCUT2D eigenvalue weighted by Gasteiger charge is 2.14. The molecule has 0 radical (unpaired) electrons. The van der Waals surface area contributed by atoms with Crippen molar-refractivity contribution in [3.8, 4) is 5.75 Å². The molecule has 1 fully saturated rings. The van der Waals surface area contributed by atoms with Gasteiger partial charge in [-0.1, -0.05) is 0 Å². The van der Waals surface area contributed by atoms with Crippen LogP contribution < -0.4 is 5.32 Å². The van der Waals surface area contributed by atoms with Gasteiger partial charge in [0, 0.05) is 19.7 Å². The topological polar surface area (TPSA) is 54.4 Å². The first kappa shape index (κ1) is 10.4. The van der Waals surface area contributed by atoms with E-state index in [-0.39, 0.29) is 5.75 Å². The zero-order chi connectivity index (χ0) is 10.5. The van der Waals surface area contributed by atoms with Crippen molar-refractivity contribution in [3.63, 3.8) is 0 Å². The van der Waals surface area contributed by atoms with Crippen molar-refractivity contribution >= 4 is 0 Å². The third kappa shape index (κ3) is 3.18. The van der Waals surface area contributed by atoms with E-state index in [2.05, 4.69) is 10.3 Å². The molecule has 2 heterocycles. The minimum atomic E-state index is 0.206. The van der Waals surface area contributed by atoms with Crippen molar-refractivity contribution in [2.45, 2.75) is 25.5 Å². The van der Waals surface area contributed by atoms with Gasteiger partial charge in [-0.2, -0.15) is 0 Å². The fourth-order valence-corrected chi connectivity index (χ4v) is 1.69. The normalized spacial score (nSPS) is 20.7. The average molecular weight is 208 g/mol. The van der Waals surface area contributed by atoms with Gasteiger partial charge in [-0.25, -0.2) is 0 Å². The Bertz CT molecular complexity index is 294. The van der Waals surface area contributed by atoms with E-state index in [0.29, 0.717) is 6.10 Å². The number of pyridine rings is 1. The van der Waals surface area contributed by atoms with Gasteiger partial charge in [0.1, 0.15) is 5.75 Å². The summed E-state index contributed by atoms with van der Waals surface area (Å²) in [5.41, 5.74) is 0.936. The van der Waals surface area contributed by atoms with Gasteiger partial charge in [0.25, 0.3) is 0 Å². The molecule has 0 aliphatic carbocycles. The van der Waals surface area contributed by atoms with E-state index in [1.807, 2.05) is 6.07 Å². The minimum absolute atomic E-state index is 0.206. The molecule has 1 aliphatic rings. The number of ether oxygens (including phenoxy) is 1. The molecule has 1 aromatic heterocycles. The Labute approximate surface area is 89.3 Å². The Kier molecular flexibility index (Phi) is 3.53.